The molecule has 1 aliphatic carbocycles. The highest BCUT2D eigenvalue weighted by Crippen LogP contribution is 2.47. The van der Waals surface area contributed by atoms with Gasteiger partial charge in [-0.2, -0.15) is 5.10 Å². The van der Waals surface area contributed by atoms with Crippen molar-refractivity contribution in [2.45, 2.75) is 45.4 Å². The standard InChI is InChI=1S/C27H30N2O2/c1-5-31-25-15-12-18-8-6-7-9-21(18)24(25)17-28-29-26(30)23-16-22(23)19-10-13-20(14-11-19)27(2,3)4/h6-15,17,22-23H,5,16H2,1-4H3,(H,29,30)/b28-17-/t22-,23+/m1/s1. The molecule has 4 heteroatoms. The molecule has 0 saturated heterocycles. The first-order chi connectivity index (χ1) is 14.9. The van der Waals surface area contributed by atoms with Crippen LogP contribution in [0.3, 0.4) is 0 Å². The van der Waals surface area contributed by atoms with Crippen molar-refractivity contribution in [3.8, 4) is 5.75 Å². The lowest BCUT2D eigenvalue weighted by Gasteiger charge is -2.19. The molecule has 0 bridgehead atoms. The summed E-state index contributed by atoms with van der Waals surface area (Å²) in [6.45, 7) is 9.16. The van der Waals surface area contributed by atoms with Gasteiger partial charge < -0.3 is 4.74 Å². The summed E-state index contributed by atoms with van der Waals surface area (Å²) in [5.74, 6) is 0.999. The molecule has 4 nitrogen and oxygen atoms in total. The van der Waals surface area contributed by atoms with Gasteiger partial charge in [0.1, 0.15) is 5.75 Å². The summed E-state index contributed by atoms with van der Waals surface area (Å²) in [5.41, 5.74) is 6.29. The Labute approximate surface area is 184 Å². The van der Waals surface area contributed by atoms with Crippen LogP contribution >= 0.6 is 0 Å². The van der Waals surface area contributed by atoms with Crippen molar-refractivity contribution < 1.29 is 9.53 Å². The van der Waals surface area contributed by atoms with Crippen LogP contribution in [0.4, 0.5) is 0 Å². The topological polar surface area (TPSA) is 50.7 Å². The molecule has 4 rings (SSSR count). The van der Waals surface area contributed by atoms with E-state index in [1.54, 1.807) is 6.21 Å². The summed E-state index contributed by atoms with van der Waals surface area (Å²) in [6, 6.07) is 20.8. The van der Waals surface area contributed by atoms with Crippen molar-refractivity contribution in [1.82, 2.24) is 5.43 Å². The Bertz CT molecular complexity index is 1110. The molecule has 0 aliphatic heterocycles. The lowest BCUT2D eigenvalue weighted by Crippen LogP contribution is -2.20. The Morgan fingerprint density at radius 1 is 1.10 bits per heavy atom. The zero-order valence-corrected chi connectivity index (χ0v) is 18.7. The Morgan fingerprint density at radius 3 is 2.55 bits per heavy atom. The fourth-order valence-electron chi connectivity index (χ4n) is 4.02. The molecule has 1 N–H and O–H groups in total. The molecular weight excluding hydrogens is 384 g/mol. The summed E-state index contributed by atoms with van der Waals surface area (Å²) < 4.78 is 5.77. The van der Waals surface area contributed by atoms with Crippen molar-refractivity contribution in [3.05, 3.63) is 77.4 Å². The average molecular weight is 415 g/mol. The van der Waals surface area contributed by atoms with E-state index in [1.807, 2.05) is 37.3 Å². The number of nitrogens with zero attached hydrogens (tertiary/aromatic N) is 1. The highest BCUT2D eigenvalue weighted by molar-refractivity contribution is 6.02. The van der Waals surface area contributed by atoms with Crippen molar-refractivity contribution in [2.75, 3.05) is 6.61 Å². The second-order valence-corrected chi connectivity index (χ2v) is 9.19. The van der Waals surface area contributed by atoms with E-state index in [0.717, 1.165) is 28.5 Å². The predicted molar refractivity (Wildman–Crippen MR) is 127 cm³/mol. The maximum absolute atomic E-state index is 12.6. The number of hydrazone groups is 1. The van der Waals surface area contributed by atoms with Crippen LogP contribution in [0.15, 0.2) is 65.8 Å². The SMILES string of the molecule is CCOc1ccc2ccccc2c1/C=N\NC(=O)[C@H]1C[C@@H]1c1ccc(C(C)(C)C)cc1. The van der Waals surface area contributed by atoms with Crippen molar-refractivity contribution in [2.24, 2.45) is 11.0 Å². The first-order valence-corrected chi connectivity index (χ1v) is 11.0. The number of hydrogen-bond donors (Lipinski definition) is 1. The van der Waals surface area contributed by atoms with E-state index in [2.05, 4.69) is 61.6 Å². The Morgan fingerprint density at radius 2 is 1.84 bits per heavy atom. The van der Waals surface area contributed by atoms with E-state index >= 15 is 0 Å². The molecule has 1 aliphatic rings. The molecule has 2 atom stereocenters. The van der Waals surface area contributed by atoms with Crippen LogP contribution in [0.2, 0.25) is 0 Å². The molecule has 1 amide bonds. The monoisotopic (exact) mass is 414 g/mol. The van der Waals surface area contributed by atoms with Gasteiger partial charge in [-0.15, -0.1) is 0 Å². The quantitative estimate of drug-likeness (QED) is 0.410. The zero-order chi connectivity index (χ0) is 22.0. The van der Waals surface area contributed by atoms with E-state index < -0.39 is 0 Å². The lowest BCUT2D eigenvalue weighted by molar-refractivity contribution is -0.122. The first kappa shape index (κ1) is 21.1. The van der Waals surface area contributed by atoms with Crippen LogP contribution in [0.25, 0.3) is 10.8 Å². The normalized spacial score (nSPS) is 18.3. The van der Waals surface area contributed by atoms with Crippen LogP contribution in [0, 0.1) is 5.92 Å². The minimum absolute atomic E-state index is 0.0171. The first-order valence-electron chi connectivity index (χ1n) is 11.0. The minimum atomic E-state index is -0.0284. The van der Waals surface area contributed by atoms with Gasteiger partial charge in [-0.3, -0.25) is 4.79 Å². The summed E-state index contributed by atoms with van der Waals surface area (Å²) in [4.78, 5) is 12.6. The molecule has 0 radical (unpaired) electrons. The Kier molecular flexibility index (Phi) is 5.81. The third-order valence-corrected chi connectivity index (χ3v) is 5.93. The van der Waals surface area contributed by atoms with E-state index in [-0.39, 0.29) is 23.2 Å². The van der Waals surface area contributed by atoms with Gasteiger partial charge in [0, 0.05) is 11.5 Å². The van der Waals surface area contributed by atoms with Gasteiger partial charge in [0.05, 0.1) is 12.8 Å². The molecule has 1 fully saturated rings. The van der Waals surface area contributed by atoms with Crippen LogP contribution in [-0.4, -0.2) is 18.7 Å². The van der Waals surface area contributed by atoms with Crippen molar-refractivity contribution in [3.63, 3.8) is 0 Å². The van der Waals surface area contributed by atoms with Crippen LogP contribution in [0.5, 0.6) is 5.75 Å². The number of carbonyl (C=O) groups is 1. The fourth-order valence-corrected chi connectivity index (χ4v) is 4.02. The number of benzene rings is 3. The number of fused-ring (bicyclic) bond motifs is 1. The van der Waals surface area contributed by atoms with Gasteiger partial charge in [0.2, 0.25) is 5.91 Å². The Hall–Kier alpha value is -3.14. The number of ether oxygens (including phenoxy) is 1. The highest BCUT2D eigenvalue weighted by Gasteiger charge is 2.44. The molecular formula is C27H30N2O2. The van der Waals surface area contributed by atoms with E-state index in [4.69, 9.17) is 4.74 Å². The highest BCUT2D eigenvalue weighted by atomic mass is 16.5. The number of nitrogens with one attached hydrogen (secondary N) is 1. The summed E-state index contributed by atoms with van der Waals surface area (Å²) in [7, 11) is 0. The second-order valence-electron chi connectivity index (χ2n) is 9.19. The van der Waals surface area contributed by atoms with Gasteiger partial charge >= 0.3 is 0 Å². The van der Waals surface area contributed by atoms with E-state index in [0.29, 0.717) is 6.61 Å². The van der Waals surface area contributed by atoms with Gasteiger partial charge in [-0.1, -0.05) is 75.4 Å². The largest absolute Gasteiger partial charge is 0.493 e. The minimum Gasteiger partial charge on any atom is -0.493 e. The number of carbonyl (C=O) groups excluding carboxylic acids is 1. The smallest absolute Gasteiger partial charge is 0.243 e. The molecule has 0 heterocycles. The van der Waals surface area contributed by atoms with Gasteiger partial charge in [0.15, 0.2) is 0 Å². The van der Waals surface area contributed by atoms with Crippen LogP contribution in [-0.2, 0) is 10.2 Å². The van der Waals surface area contributed by atoms with Gasteiger partial charge in [-0.05, 0) is 52.6 Å². The molecule has 0 spiro atoms. The molecule has 1 saturated carbocycles. The molecule has 31 heavy (non-hydrogen) atoms. The van der Waals surface area contributed by atoms with Gasteiger partial charge in [0.25, 0.3) is 0 Å². The predicted octanol–water partition coefficient (Wildman–Crippen LogP) is 5.79. The third-order valence-electron chi connectivity index (χ3n) is 5.93. The maximum atomic E-state index is 12.6. The average Bonchev–Trinajstić information content (AvgIpc) is 3.56. The zero-order valence-electron chi connectivity index (χ0n) is 18.7. The van der Waals surface area contributed by atoms with Crippen molar-refractivity contribution in [1.29, 1.82) is 0 Å². The second kappa shape index (κ2) is 8.54. The Balaban J connectivity index is 1.44. The molecule has 3 aromatic rings. The van der Waals surface area contributed by atoms with Crippen LogP contribution in [0.1, 0.15) is 56.7 Å². The summed E-state index contributed by atoms with van der Waals surface area (Å²) in [5, 5.41) is 6.43. The molecule has 160 valence electrons. The van der Waals surface area contributed by atoms with Crippen LogP contribution < -0.4 is 10.2 Å². The number of hydrogen-bond acceptors (Lipinski definition) is 3. The molecule has 3 aromatic carbocycles. The van der Waals surface area contributed by atoms with Crippen molar-refractivity contribution >= 4 is 22.9 Å². The molecule has 0 unspecified atom stereocenters. The van der Waals surface area contributed by atoms with Gasteiger partial charge in [-0.25, -0.2) is 5.43 Å². The number of amides is 1. The third kappa shape index (κ3) is 4.63. The summed E-state index contributed by atoms with van der Waals surface area (Å²) >= 11 is 0. The molecule has 0 aromatic heterocycles. The maximum Gasteiger partial charge on any atom is 0.243 e. The lowest BCUT2D eigenvalue weighted by atomic mass is 9.86. The van der Waals surface area contributed by atoms with E-state index in [1.165, 1.54) is 11.1 Å². The fraction of sp³-hybridized carbons (Fsp3) is 0.333. The number of rotatable bonds is 6. The summed E-state index contributed by atoms with van der Waals surface area (Å²) in [6.07, 6.45) is 2.56. The van der Waals surface area contributed by atoms with E-state index in [9.17, 15) is 4.79 Å².